The Bertz CT molecular complexity index is 541. The number of aromatic nitrogens is 2. The van der Waals surface area contributed by atoms with Gasteiger partial charge >= 0.3 is 0 Å². The lowest BCUT2D eigenvalue weighted by atomic mass is 10.2. The maximum Gasteiger partial charge on any atom is 0.231 e. The largest absolute Gasteiger partial charge is 0.454 e. The van der Waals surface area contributed by atoms with Crippen LogP contribution in [0, 0.1) is 6.92 Å². The van der Waals surface area contributed by atoms with E-state index in [1.54, 1.807) is 0 Å². The predicted octanol–water partition coefficient (Wildman–Crippen LogP) is 2.19. The van der Waals surface area contributed by atoms with Gasteiger partial charge in [0.05, 0.1) is 0 Å². The van der Waals surface area contributed by atoms with Crippen LogP contribution >= 0.6 is 11.3 Å². The molecule has 0 unspecified atom stereocenters. The van der Waals surface area contributed by atoms with E-state index in [1.165, 1.54) is 11.3 Å². The van der Waals surface area contributed by atoms with E-state index < -0.39 is 0 Å². The van der Waals surface area contributed by atoms with Crippen LogP contribution in [0.25, 0.3) is 0 Å². The average molecular weight is 249 g/mol. The third kappa shape index (κ3) is 2.03. The van der Waals surface area contributed by atoms with Gasteiger partial charge in [-0.15, -0.1) is 10.2 Å². The summed E-state index contributed by atoms with van der Waals surface area (Å²) in [5, 5.41) is 12.9. The van der Waals surface area contributed by atoms with Crippen LogP contribution in [0.4, 0.5) is 5.13 Å². The summed E-state index contributed by atoms with van der Waals surface area (Å²) in [6.45, 7) is 2.88. The van der Waals surface area contributed by atoms with Gasteiger partial charge in [0.15, 0.2) is 11.5 Å². The topological polar surface area (TPSA) is 56.3 Å². The Balaban J connectivity index is 1.75. The van der Waals surface area contributed by atoms with Gasteiger partial charge in [0.2, 0.25) is 11.9 Å². The van der Waals surface area contributed by atoms with Gasteiger partial charge in [-0.3, -0.25) is 0 Å². The number of ether oxygens (including phenoxy) is 2. The van der Waals surface area contributed by atoms with Gasteiger partial charge < -0.3 is 14.8 Å². The molecule has 0 aliphatic carbocycles. The monoisotopic (exact) mass is 249 g/mol. The van der Waals surface area contributed by atoms with Crippen LogP contribution in [-0.4, -0.2) is 17.0 Å². The zero-order valence-corrected chi connectivity index (χ0v) is 10.1. The van der Waals surface area contributed by atoms with Crippen molar-refractivity contribution in [3.63, 3.8) is 0 Å². The Hall–Kier alpha value is -1.82. The first-order chi connectivity index (χ1) is 8.33. The normalized spacial score (nSPS) is 12.8. The standard InChI is InChI=1S/C11H11N3O2S/c1-7-13-14-11(17-7)12-5-8-3-2-4-9-10(8)16-6-15-9/h2-4H,5-6H2,1H3,(H,12,14). The fourth-order valence-corrected chi connectivity index (χ4v) is 2.26. The van der Waals surface area contributed by atoms with Crippen molar-refractivity contribution >= 4 is 16.5 Å². The second-order valence-corrected chi connectivity index (χ2v) is 4.81. The van der Waals surface area contributed by atoms with E-state index in [2.05, 4.69) is 15.5 Å². The van der Waals surface area contributed by atoms with Gasteiger partial charge in [-0.2, -0.15) is 0 Å². The van der Waals surface area contributed by atoms with Crippen LogP contribution in [0.5, 0.6) is 11.5 Å². The number of benzene rings is 1. The van der Waals surface area contributed by atoms with E-state index in [4.69, 9.17) is 9.47 Å². The van der Waals surface area contributed by atoms with Crippen molar-refractivity contribution < 1.29 is 9.47 Å². The molecule has 17 heavy (non-hydrogen) atoms. The highest BCUT2D eigenvalue weighted by atomic mass is 32.1. The highest BCUT2D eigenvalue weighted by Gasteiger charge is 2.16. The molecule has 0 atom stereocenters. The van der Waals surface area contributed by atoms with E-state index >= 15 is 0 Å². The molecule has 5 nitrogen and oxygen atoms in total. The molecule has 2 aromatic rings. The molecule has 88 valence electrons. The summed E-state index contributed by atoms with van der Waals surface area (Å²) >= 11 is 1.53. The quantitative estimate of drug-likeness (QED) is 0.903. The molecule has 0 spiro atoms. The number of anilines is 1. The van der Waals surface area contributed by atoms with Crippen molar-refractivity contribution in [1.29, 1.82) is 0 Å². The van der Waals surface area contributed by atoms with Gasteiger partial charge in [-0.25, -0.2) is 0 Å². The number of rotatable bonds is 3. The minimum absolute atomic E-state index is 0.296. The number of aryl methyl sites for hydroxylation is 1. The maximum atomic E-state index is 5.43. The summed E-state index contributed by atoms with van der Waals surface area (Å²) in [6.07, 6.45) is 0. The van der Waals surface area contributed by atoms with E-state index in [9.17, 15) is 0 Å². The molecular formula is C11H11N3O2S. The summed E-state index contributed by atoms with van der Waals surface area (Å²) in [6, 6.07) is 5.87. The van der Waals surface area contributed by atoms with Crippen LogP contribution < -0.4 is 14.8 Å². The molecule has 3 rings (SSSR count). The molecule has 2 heterocycles. The lowest BCUT2D eigenvalue weighted by Gasteiger charge is -2.05. The molecule has 1 aliphatic rings. The maximum absolute atomic E-state index is 5.43. The highest BCUT2D eigenvalue weighted by Crippen LogP contribution is 2.35. The van der Waals surface area contributed by atoms with Crippen LogP contribution in [0.3, 0.4) is 0 Å². The molecule has 0 radical (unpaired) electrons. The van der Waals surface area contributed by atoms with Gasteiger partial charge in [0, 0.05) is 12.1 Å². The Morgan fingerprint density at radius 1 is 1.35 bits per heavy atom. The first-order valence-electron chi connectivity index (χ1n) is 5.24. The Morgan fingerprint density at radius 2 is 2.29 bits per heavy atom. The van der Waals surface area contributed by atoms with Gasteiger partial charge in [-0.05, 0) is 13.0 Å². The number of hydrogen-bond donors (Lipinski definition) is 1. The van der Waals surface area contributed by atoms with Gasteiger partial charge in [0.25, 0.3) is 0 Å². The molecule has 0 saturated heterocycles. The Labute approximate surface area is 102 Å². The second-order valence-electron chi connectivity index (χ2n) is 3.63. The summed E-state index contributed by atoms with van der Waals surface area (Å²) < 4.78 is 10.7. The molecule has 1 N–H and O–H groups in total. The summed E-state index contributed by atoms with van der Waals surface area (Å²) in [5.74, 6) is 1.62. The number of hydrogen-bond acceptors (Lipinski definition) is 6. The summed E-state index contributed by atoms with van der Waals surface area (Å²) in [4.78, 5) is 0. The summed E-state index contributed by atoms with van der Waals surface area (Å²) in [5.41, 5.74) is 1.06. The van der Waals surface area contributed by atoms with Crippen LogP contribution in [0.15, 0.2) is 18.2 Å². The lowest BCUT2D eigenvalue weighted by Crippen LogP contribution is -2.00. The van der Waals surface area contributed by atoms with Crippen molar-refractivity contribution in [2.24, 2.45) is 0 Å². The Morgan fingerprint density at radius 3 is 3.12 bits per heavy atom. The van der Waals surface area contributed by atoms with Crippen molar-refractivity contribution in [3.8, 4) is 11.5 Å². The van der Waals surface area contributed by atoms with Crippen LogP contribution in [0.2, 0.25) is 0 Å². The van der Waals surface area contributed by atoms with E-state index in [-0.39, 0.29) is 0 Å². The van der Waals surface area contributed by atoms with Crippen LogP contribution in [-0.2, 0) is 6.54 Å². The molecule has 0 amide bonds. The minimum atomic E-state index is 0.296. The van der Waals surface area contributed by atoms with Crippen LogP contribution in [0.1, 0.15) is 10.6 Å². The van der Waals surface area contributed by atoms with E-state index in [0.29, 0.717) is 13.3 Å². The molecule has 1 aromatic carbocycles. The lowest BCUT2D eigenvalue weighted by molar-refractivity contribution is 0.173. The Kier molecular flexibility index (Phi) is 2.56. The molecule has 0 bridgehead atoms. The third-order valence-corrected chi connectivity index (χ3v) is 3.23. The smallest absolute Gasteiger partial charge is 0.231 e. The fraction of sp³-hybridized carbons (Fsp3) is 0.273. The average Bonchev–Trinajstić information content (AvgIpc) is 2.94. The number of fused-ring (bicyclic) bond motifs is 1. The predicted molar refractivity (Wildman–Crippen MR) is 64.5 cm³/mol. The first-order valence-corrected chi connectivity index (χ1v) is 6.06. The van der Waals surface area contributed by atoms with Crippen molar-refractivity contribution in [1.82, 2.24) is 10.2 Å². The van der Waals surface area contributed by atoms with Gasteiger partial charge in [-0.1, -0.05) is 23.5 Å². The zero-order valence-electron chi connectivity index (χ0n) is 9.27. The van der Waals surface area contributed by atoms with Crippen molar-refractivity contribution in [2.75, 3.05) is 12.1 Å². The number of nitrogens with one attached hydrogen (secondary N) is 1. The number of para-hydroxylation sites is 1. The number of nitrogens with zero attached hydrogens (tertiary/aromatic N) is 2. The molecule has 1 aromatic heterocycles. The molecule has 0 fully saturated rings. The minimum Gasteiger partial charge on any atom is -0.454 e. The SMILES string of the molecule is Cc1nnc(NCc2cccc3c2OCO3)s1. The van der Waals surface area contributed by atoms with Gasteiger partial charge in [0.1, 0.15) is 5.01 Å². The zero-order chi connectivity index (χ0) is 11.7. The summed E-state index contributed by atoms with van der Waals surface area (Å²) in [7, 11) is 0. The van der Waals surface area contributed by atoms with E-state index in [1.807, 2.05) is 25.1 Å². The van der Waals surface area contributed by atoms with Crippen molar-refractivity contribution in [2.45, 2.75) is 13.5 Å². The fourth-order valence-electron chi connectivity index (χ4n) is 1.67. The molecule has 6 heteroatoms. The molecule has 0 saturated carbocycles. The molecular weight excluding hydrogens is 238 g/mol. The third-order valence-electron chi connectivity index (χ3n) is 2.43. The van der Waals surface area contributed by atoms with E-state index in [0.717, 1.165) is 27.2 Å². The van der Waals surface area contributed by atoms with Crippen molar-refractivity contribution in [3.05, 3.63) is 28.8 Å². The highest BCUT2D eigenvalue weighted by molar-refractivity contribution is 7.15. The second kappa shape index (κ2) is 4.21. The first kappa shape index (κ1) is 10.3. The molecule has 1 aliphatic heterocycles.